The van der Waals surface area contributed by atoms with Crippen molar-refractivity contribution in [3.63, 3.8) is 0 Å². The summed E-state index contributed by atoms with van der Waals surface area (Å²) < 4.78 is 6.38. The standard InChI is InChI=1S/C19H14N2O4/c1-9-2-3-13-10(4-9)5-12-8-21-14(17(12)20-13)6-11-7-15(22)25-19(24)16(11)18(21)23/h2-6,19,24H,7-8H2,1H3. The second-order valence-electron chi connectivity index (χ2n) is 6.57. The number of esters is 1. The molecule has 0 spiro atoms. The van der Waals surface area contributed by atoms with Gasteiger partial charge in [0.2, 0.25) is 6.29 Å². The fraction of sp³-hybridized carbons (Fsp3) is 0.211. The van der Waals surface area contributed by atoms with E-state index in [0.29, 0.717) is 17.8 Å². The highest BCUT2D eigenvalue weighted by Crippen LogP contribution is 2.34. The Morgan fingerprint density at radius 2 is 2.04 bits per heavy atom. The number of aliphatic hydroxyl groups excluding tert-OH is 1. The van der Waals surface area contributed by atoms with Gasteiger partial charge in [0.25, 0.3) is 5.56 Å². The first kappa shape index (κ1) is 14.4. The van der Waals surface area contributed by atoms with Gasteiger partial charge in [-0.1, -0.05) is 11.6 Å². The van der Waals surface area contributed by atoms with Gasteiger partial charge in [0.05, 0.1) is 35.4 Å². The van der Waals surface area contributed by atoms with Gasteiger partial charge in [-0.2, -0.15) is 0 Å². The number of ether oxygens (including phenoxy) is 1. The summed E-state index contributed by atoms with van der Waals surface area (Å²) in [6, 6.07) is 9.86. The first-order valence-corrected chi connectivity index (χ1v) is 8.06. The van der Waals surface area contributed by atoms with Crippen LogP contribution >= 0.6 is 0 Å². The number of aromatic nitrogens is 2. The molecule has 4 heterocycles. The Morgan fingerprint density at radius 3 is 2.88 bits per heavy atom. The third-order valence-corrected chi connectivity index (χ3v) is 4.87. The normalized spacial score (nSPS) is 17.8. The van der Waals surface area contributed by atoms with Crippen molar-refractivity contribution < 1.29 is 14.6 Å². The van der Waals surface area contributed by atoms with Gasteiger partial charge >= 0.3 is 5.97 Å². The van der Waals surface area contributed by atoms with Crippen molar-refractivity contribution in [1.82, 2.24) is 9.55 Å². The summed E-state index contributed by atoms with van der Waals surface area (Å²) in [5, 5.41) is 11.0. The maximum Gasteiger partial charge on any atom is 0.312 e. The highest BCUT2D eigenvalue weighted by atomic mass is 16.6. The summed E-state index contributed by atoms with van der Waals surface area (Å²) in [4.78, 5) is 29.1. The molecule has 1 atom stereocenters. The fourth-order valence-corrected chi connectivity index (χ4v) is 3.71. The van der Waals surface area contributed by atoms with Crippen LogP contribution in [0.15, 0.2) is 35.1 Å². The topological polar surface area (TPSA) is 81.4 Å². The van der Waals surface area contributed by atoms with Gasteiger partial charge in [0.1, 0.15) is 0 Å². The van der Waals surface area contributed by atoms with Crippen molar-refractivity contribution >= 4 is 16.9 Å². The first-order chi connectivity index (χ1) is 12.0. The summed E-state index contributed by atoms with van der Waals surface area (Å²) in [7, 11) is 0. The van der Waals surface area contributed by atoms with E-state index in [1.807, 2.05) is 25.1 Å². The van der Waals surface area contributed by atoms with E-state index in [4.69, 9.17) is 9.72 Å². The number of fused-ring (bicyclic) bond motifs is 5. The van der Waals surface area contributed by atoms with Crippen LogP contribution in [0.3, 0.4) is 0 Å². The molecule has 0 bridgehead atoms. The summed E-state index contributed by atoms with van der Waals surface area (Å²) in [6.45, 7) is 2.42. The molecule has 0 saturated heterocycles. The van der Waals surface area contributed by atoms with Gasteiger partial charge in [0.15, 0.2) is 0 Å². The number of rotatable bonds is 0. The minimum Gasteiger partial charge on any atom is -0.431 e. The van der Waals surface area contributed by atoms with E-state index in [9.17, 15) is 14.7 Å². The van der Waals surface area contributed by atoms with Crippen LogP contribution in [0.5, 0.6) is 0 Å². The van der Waals surface area contributed by atoms with Crippen LogP contribution in [0.4, 0.5) is 0 Å². The molecule has 6 heteroatoms. The smallest absolute Gasteiger partial charge is 0.312 e. The number of carbonyl (C=O) groups excluding carboxylic acids is 1. The van der Waals surface area contributed by atoms with Crippen molar-refractivity contribution in [2.24, 2.45) is 0 Å². The highest BCUT2D eigenvalue weighted by Gasteiger charge is 2.32. The monoisotopic (exact) mass is 334 g/mol. The predicted octanol–water partition coefficient (Wildman–Crippen LogP) is 1.82. The molecule has 0 aliphatic carbocycles. The molecule has 0 fully saturated rings. The van der Waals surface area contributed by atoms with Crippen molar-refractivity contribution in [2.45, 2.75) is 26.2 Å². The molecule has 1 unspecified atom stereocenters. The first-order valence-electron chi connectivity index (χ1n) is 8.06. The molecule has 2 aliphatic rings. The quantitative estimate of drug-likeness (QED) is 0.496. The van der Waals surface area contributed by atoms with Gasteiger partial charge in [-0.05, 0) is 36.8 Å². The van der Waals surface area contributed by atoms with Crippen LogP contribution < -0.4 is 5.56 Å². The lowest BCUT2D eigenvalue weighted by Gasteiger charge is -2.21. The molecule has 6 nitrogen and oxygen atoms in total. The SMILES string of the molecule is Cc1ccc2nc3c(cc2c1)Cn1c-3cc2c(c1=O)C(O)OC(=O)C2. The van der Waals surface area contributed by atoms with Crippen LogP contribution in [-0.2, 0) is 22.5 Å². The Labute approximate surface area is 142 Å². The van der Waals surface area contributed by atoms with Gasteiger partial charge in [-0.25, -0.2) is 4.98 Å². The number of nitrogens with zero attached hydrogens (tertiary/aromatic N) is 2. The van der Waals surface area contributed by atoms with E-state index in [2.05, 4.69) is 6.07 Å². The Balaban J connectivity index is 1.78. The third-order valence-electron chi connectivity index (χ3n) is 4.87. The number of carbonyl (C=O) groups is 1. The lowest BCUT2D eigenvalue weighted by Crippen LogP contribution is -2.32. The van der Waals surface area contributed by atoms with Gasteiger partial charge in [-0.15, -0.1) is 0 Å². The van der Waals surface area contributed by atoms with E-state index >= 15 is 0 Å². The van der Waals surface area contributed by atoms with E-state index in [1.165, 1.54) is 0 Å². The number of aryl methyl sites for hydroxylation is 1. The second kappa shape index (κ2) is 4.77. The van der Waals surface area contributed by atoms with Crippen LogP contribution in [-0.4, -0.2) is 20.6 Å². The number of benzene rings is 1. The Kier molecular flexibility index (Phi) is 2.74. The largest absolute Gasteiger partial charge is 0.431 e. The fourth-order valence-electron chi connectivity index (χ4n) is 3.71. The number of cyclic esters (lactones) is 1. The summed E-state index contributed by atoms with van der Waals surface area (Å²) >= 11 is 0. The van der Waals surface area contributed by atoms with Crippen molar-refractivity contribution in [3.8, 4) is 11.4 Å². The van der Waals surface area contributed by atoms with Crippen LogP contribution in [0.1, 0.15) is 28.5 Å². The summed E-state index contributed by atoms with van der Waals surface area (Å²) in [6.07, 6.45) is -1.52. The van der Waals surface area contributed by atoms with E-state index < -0.39 is 12.3 Å². The summed E-state index contributed by atoms with van der Waals surface area (Å²) in [5.74, 6) is -0.537. The zero-order chi connectivity index (χ0) is 17.3. The molecule has 0 radical (unpaired) electrons. The van der Waals surface area contributed by atoms with E-state index in [-0.39, 0.29) is 17.5 Å². The maximum absolute atomic E-state index is 12.8. The number of pyridine rings is 2. The Morgan fingerprint density at radius 1 is 1.20 bits per heavy atom. The van der Waals surface area contributed by atoms with Crippen molar-refractivity contribution in [1.29, 1.82) is 0 Å². The molecular weight excluding hydrogens is 320 g/mol. The predicted molar refractivity (Wildman–Crippen MR) is 90.0 cm³/mol. The zero-order valence-electron chi connectivity index (χ0n) is 13.4. The third kappa shape index (κ3) is 1.97. The second-order valence-corrected chi connectivity index (χ2v) is 6.57. The van der Waals surface area contributed by atoms with E-state index in [0.717, 1.165) is 27.7 Å². The molecule has 0 amide bonds. The molecular formula is C19H14N2O4. The van der Waals surface area contributed by atoms with Crippen LogP contribution in [0.2, 0.25) is 0 Å². The molecule has 5 rings (SSSR count). The molecule has 2 aliphatic heterocycles. The lowest BCUT2D eigenvalue weighted by atomic mass is 10.0. The average Bonchev–Trinajstić information content (AvgIpc) is 2.90. The van der Waals surface area contributed by atoms with Crippen LogP contribution in [0.25, 0.3) is 22.3 Å². The molecule has 124 valence electrons. The molecule has 3 aromatic rings. The van der Waals surface area contributed by atoms with E-state index in [1.54, 1.807) is 10.6 Å². The lowest BCUT2D eigenvalue weighted by molar-refractivity contribution is -0.171. The van der Waals surface area contributed by atoms with Crippen LogP contribution in [0, 0.1) is 6.92 Å². The molecule has 2 aromatic heterocycles. The van der Waals surface area contributed by atoms with Gasteiger partial charge in [0, 0.05) is 10.9 Å². The molecule has 1 N–H and O–H groups in total. The summed E-state index contributed by atoms with van der Waals surface area (Å²) in [5.41, 5.74) is 4.74. The minimum absolute atomic E-state index is 0.0163. The van der Waals surface area contributed by atoms with Crippen molar-refractivity contribution in [2.75, 3.05) is 0 Å². The Bertz CT molecular complexity index is 1150. The minimum atomic E-state index is -1.50. The molecule has 1 aromatic carbocycles. The number of aliphatic hydroxyl groups is 1. The highest BCUT2D eigenvalue weighted by molar-refractivity contribution is 5.85. The molecule has 0 saturated carbocycles. The van der Waals surface area contributed by atoms with Gasteiger partial charge in [-0.3, -0.25) is 9.59 Å². The van der Waals surface area contributed by atoms with Gasteiger partial charge < -0.3 is 14.4 Å². The Hall–Kier alpha value is -2.99. The number of hydrogen-bond donors (Lipinski definition) is 1. The van der Waals surface area contributed by atoms with Crippen molar-refractivity contribution in [3.05, 3.63) is 62.9 Å². The zero-order valence-corrected chi connectivity index (χ0v) is 13.4. The average molecular weight is 334 g/mol. The number of hydrogen-bond acceptors (Lipinski definition) is 5. The maximum atomic E-state index is 12.8. The molecule has 25 heavy (non-hydrogen) atoms.